The molecule has 0 unspecified atom stereocenters. The second-order valence-corrected chi connectivity index (χ2v) is 5.76. The number of anilines is 1. The highest BCUT2D eigenvalue weighted by Gasteiger charge is 2.00. The van der Waals surface area contributed by atoms with Crippen LogP contribution in [-0.2, 0) is 6.54 Å². The number of thiocarbonyl (C=S) groups is 1. The SMILES string of the molecule is Cc1ccc(CNC(=S)Nc2ccc3ccccc3c2)cc1. The molecule has 22 heavy (non-hydrogen) atoms. The Morgan fingerprint density at radius 3 is 2.41 bits per heavy atom. The molecule has 0 heterocycles. The Hall–Kier alpha value is -2.39. The average Bonchev–Trinajstić information content (AvgIpc) is 2.54. The highest BCUT2D eigenvalue weighted by Crippen LogP contribution is 2.18. The molecule has 0 radical (unpaired) electrons. The molecule has 2 N–H and O–H groups in total. The van der Waals surface area contributed by atoms with Gasteiger partial charge in [0.25, 0.3) is 0 Å². The molecule has 3 aromatic carbocycles. The zero-order valence-electron chi connectivity index (χ0n) is 12.5. The average molecular weight is 306 g/mol. The second-order valence-electron chi connectivity index (χ2n) is 5.36. The molecule has 0 saturated heterocycles. The van der Waals surface area contributed by atoms with Crippen molar-refractivity contribution < 1.29 is 0 Å². The zero-order valence-corrected chi connectivity index (χ0v) is 13.3. The van der Waals surface area contributed by atoms with Gasteiger partial charge in [-0.15, -0.1) is 0 Å². The predicted molar refractivity (Wildman–Crippen MR) is 98.2 cm³/mol. The smallest absolute Gasteiger partial charge is 0.171 e. The van der Waals surface area contributed by atoms with Gasteiger partial charge in [0, 0.05) is 12.2 Å². The molecule has 0 amide bonds. The van der Waals surface area contributed by atoms with Gasteiger partial charge >= 0.3 is 0 Å². The van der Waals surface area contributed by atoms with Crippen LogP contribution >= 0.6 is 12.2 Å². The van der Waals surface area contributed by atoms with E-state index < -0.39 is 0 Å². The topological polar surface area (TPSA) is 24.1 Å². The van der Waals surface area contributed by atoms with Gasteiger partial charge in [0.05, 0.1) is 0 Å². The van der Waals surface area contributed by atoms with Crippen LogP contribution in [0.4, 0.5) is 5.69 Å². The number of nitrogens with one attached hydrogen (secondary N) is 2. The fraction of sp³-hybridized carbons (Fsp3) is 0.105. The zero-order chi connectivity index (χ0) is 15.4. The summed E-state index contributed by atoms with van der Waals surface area (Å²) < 4.78 is 0. The lowest BCUT2D eigenvalue weighted by molar-refractivity contribution is 0.925. The standard InChI is InChI=1S/C19H18N2S/c1-14-6-8-15(9-7-14)13-20-19(22)21-18-11-10-16-4-2-3-5-17(16)12-18/h2-12H,13H2,1H3,(H2,20,21,22). The minimum absolute atomic E-state index is 0.635. The summed E-state index contributed by atoms with van der Waals surface area (Å²) in [5.41, 5.74) is 3.48. The fourth-order valence-electron chi connectivity index (χ4n) is 2.33. The van der Waals surface area contributed by atoms with Crippen molar-refractivity contribution in [2.45, 2.75) is 13.5 Å². The molecule has 0 bridgehead atoms. The molecule has 0 fully saturated rings. The lowest BCUT2D eigenvalue weighted by atomic mass is 10.1. The molecular weight excluding hydrogens is 288 g/mol. The lowest BCUT2D eigenvalue weighted by Crippen LogP contribution is -2.27. The first-order valence-electron chi connectivity index (χ1n) is 7.30. The first-order valence-corrected chi connectivity index (χ1v) is 7.71. The number of fused-ring (bicyclic) bond motifs is 1. The van der Waals surface area contributed by atoms with Gasteiger partial charge in [0.15, 0.2) is 5.11 Å². The number of aryl methyl sites for hydroxylation is 1. The van der Waals surface area contributed by atoms with E-state index in [0.717, 1.165) is 12.2 Å². The molecule has 0 atom stereocenters. The fourth-order valence-corrected chi connectivity index (χ4v) is 2.52. The molecule has 110 valence electrons. The Morgan fingerprint density at radius 1 is 0.909 bits per heavy atom. The number of hydrogen-bond acceptors (Lipinski definition) is 1. The third kappa shape index (κ3) is 3.62. The van der Waals surface area contributed by atoms with Crippen molar-refractivity contribution in [1.29, 1.82) is 0 Å². The maximum atomic E-state index is 5.36. The van der Waals surface area contributed by atoms with E-state index in [1.165, 1.54) is 21.9 Å². The van der Waals surface area contributed by atoms with E-state index in [4.69, 9.17) is 12.2 Å². The molecule has 3 rings (SSSR count). The first kappa shape index (κ1) is 14.5. The van der Waals surface area contributed by atoms with Gasteiger partial charge < -0.3 is 10.6 Å². The summed E-state index contributed by atoms with van der Waals surface area (Å²) in [7, 11) is 0. The van der Waals surface area contributed by atoms with Gasteiger partial charge in [-0.2, -0.15) is 0 Å². The molecule has 0 aromatic heterocycles. The Labute approximate surface area is 136 Å². The van der Waals surface area contributed by atoms with Gasteiger partial charge in [-0.3, -0.25) is 0 Å². The Balaban J connectivity index is 1.61. The molecule has 0 aliphatic rings. The molecule has 0 aliphatic heterocycles. The first-order chi connectivity index (χ1) is 10.7. The van der Waals surface area contributed by atoms with Crippen molar-refractivity contribution in [3.05, 3.63) is 77.9 Å². The van der Waals surface area contributed by atoms with E-state index >= 15 is 0 Å². The van der Waals surface area contributed by atoms with Crippen LogP contribution in [-0.4, -0.2) is 5.11 Å². The van der Waals surface area contributed by atoms with Gasteiger partial charge in [-0.1, -0.05) is 60.2 Å². The highest BCUT2D eigenvalue weighted by molar-refractivity contribution is 7.80. The predicted octanol–water partition coefficient (Wildman–Crippen LogP) is 4.63. The van der Waals surface area contributed by atoms with Crippen LogP contribution in [0.25, 0.3) is 10.8 Å². The molecule has 0 saturated carbocycles. The van der Waals surface area contributed by atoms with E-state index in [1.807, 2.05) is 18.2 Å². The minimum Gasteiger partial charge on any atom is -0.358 e. The van der Waals surface area contributed by atoms with Gasteiger partial charge in [-0.25, -0.2) is 0 Å². The van der Waals surface area contributed by atoms with Crippen molar-refractivity contribution in [2.75, 3.05) is 5.32 Å². The summed E-state index contributed by atoms with van der Waals surface area (Å²) in [6.45, 7) is 2.81. The third-order valence-corrected chi connectivity index (χ3v) is 3.83. The largest absolute Gasteiger partial charge is 0.358 e. The summed E-state index contributed by atoms with van der Waals surface area (Å²) in [6.07, 6.45) is 0. The van der Waals surface area contributed by atoms with E-state index in [0.29, 0.717) is 5.11 Å². The monoisotopic (exact) mass is 306 g/mol. The maximum Gasteiger partial charge on any atom is 0.171 e. The van der Waals surface area contributed by atoms with Crippen LogP contribution in [0.5, 0.6) is 0 Å². The van der Waals surface area contributed by atoms with Crippen molar-refractivity contribution in [1.82, 2.24) is 5.32 Å². The van der Waals surface area contributed by atoms with E-state index in [9.17, 15) is 0 Å². The molecule has 0 spiro atoms. The summed E-state index contributed by atoms with van der Waals surface area (Å²) in [4.78, 5) is 0. The molecule has 2 nitrogen and oxygen atoms in total. The third-order valence-electron chi connectivity index (χ3n) is 3.58. The Bertz CT molecular complexity index is 794. The van der Waals surface area contributed by atoms with Crippen LogP contribution in [0.15, 0.2) is 66.7 Å². The molecule has 3 heteroatoms. The maximum absolute atomic E-state index is 5.36. The van der Waals surface area contributed by atoms with Crippen LogP contribution in [0.1, 0.15) is 11.1 Å². The molecular formula is C19H18N2S. The number of benzene rings is 3. The Morgan fingerprint density at radius 2 is 1.64 bits per heavy atom. The van der Waals surface area contributed by atoms with Crippen LogP contribution in [0, 0.1) is 6.92 Å². The summed E-state index contributed by atoms with van der Waals surface area (Å²) in [5.74, 6) is 0. The van der Waals surface area contributed by atoms with E-state index in [1.54, 1.807) is 0 Å². The number of rotatable bonds is 3. The highest BCUT2D eigenvalue weighted by atomic mass is 32.1. The minimum atomic E-state index is 0.635. The van der Waals surface area contributed by atoms with Gasteiger partial charge in [0.2, 0.25) is 0 Å². The van der Waals surface area contributed by atoms with E-state index in [-0.39, 0.29) is 0 Å². The summed E-state index contributed by atoms with van der Waals surface area (Å²) in [5, 5.41) is 9.54. The van der Waals surface area contributed by atoms with Gasteiger partial charge in [0.1, 0.15) is 0 Å². The lowest BCUT2D eigenvalue weighted by Gasteiger charge is -2.11. The summed E-state index contributed by atoms with van der Waals surface area (Å²) in [6, 6.07) is 23.0. The van der Waals surface area contributed by atoms with E-state index in [2.05, 4.69) is 66.1 Å². The Kier molecular flexibility index (Phi) is 4.35. The normalized spacial score (nSPS) is 10.4. The van der Waals surface area contributed by atoms with Crippen LogP contribution < -0.4 is 10.6 Å². The van der Waals surface area contributed by atoms with Gasteiger partial charge in [-0.05, 0) is 47.6 Å². The number of hydrogen-bond donors (Lipinski definition) is 2. The quantitative estimate of drug-likeness (QED) is 0.690. The van der Waals surface area contributed by atoms with Crippen LogP contribution in [0.3, 0.4) is 0 Å². The van der Waals surface area contributed by atoms with Crippen molar-refractivity contribution in [2.24, 2.45) is 0 Å². The van der Waals surface area contributed by atoms with Crippen molar-refractivity contribution >= 4 is 33.8 Å². The van der Waals surface area contributed by atoms with Crippen molar-refractivity contribution in [3.8, 4) is 0 Å². The molecule has 0 aliphatic carbocycles. The van der Waals surface area contributed by atoms with Crippen molar-refractivity contribution in [3.63, 3.8) is 0 Å². The molecule has 3 aromatic rings. The summed E-state index contributed by atoms with van der Waals surface area (Å²) >= 11 is 5.36. The second kappa shape index (κ2) is 6.58. The van der Waals surface area contributed by atoms with Crippen LogP contribution in [0.2, 0.25) is 0 Å².